The lowest BCUT2D eigenvalue weighted by atomic mass is 10.2. The second-order valence-electron chi connectivity index (χ2n) is 6.08. The molecule has 1 aliphatic heterocycles. The van der Waals surface area contributed by atoms with Crippen molar-refractivity contribution in [2.24, 2.45) is 5.73 Å². The molecule has 1 unspecified atom stereocenters. The Morgan fingerprint density at radius 2 is 1.92 bits per heavy atom. The van der Waals surface area contributed by atoms with Crippen LogP contribution in [0.5, 0.6) is 0 Å². The van der Waals surface area contributed by atoms with Crippen LogP contribution in [0.2, 0.25) is 0 Å². The summed E-state index contributed by atoms with van der Waals surface area (Å²) < 4.78 is 26.4. The van der Waals surface area contributed by atoms with Crippen molar-refractivity contribution >= 4 is 28.3 Å². The van der Waals surface area contributed by atoms with Crippen LogP contribution in [0.4, 0.5) is 0 Å². The van der Waals surface area contributed by atoms with Crippen LogP contribution in [0.3, 0.4) is 0 Å². The molecular formula is C17H22ClN3O3S. The highest BCUT2D eigenvalue weighted by Gasteiger charge is 2.29. The summed E-state index contributed by atoms with van der Waals surface area (Å²) in [5.41, 5.74) is 7.06. The first kappa shape index (κ1) is 19.5. The zero-order valence-electron chi connectivity index (χ0n) is 14.0. The first-order valence-corrected chi connectivity index (χ1v) is 9.39. The Bertz CT molecular complexity index is 846. The lowest BCUT2D eigenvalue weighted by Crippen LogP contribution is -2.39. The number of nitrogens with zero attached hydrogens (tertiary/aromatic N) is 2. The summed E-state index contributed by atoms with van der Waals surface area (Å²) in [7, 11) is -3.69. The fourth-order valence-corrected chi connectivity index (χ4v) is 4.20. The molecule has 0 aliphatic carbocycles. The van der Waals surface area contributed by atoms with Crippen molar-refractivity contribution in [3.05, 3.63) is 53.9 Å². The highest BCUT2D eigenvalue weighted by Crippen LogP contribution is 2.21. The third kappa shape index (κ3) is 3.73. The van der Waals surface area contributed by atoms with E-state index in [2.05, 4.69) is 0 Å². The number of halogens is 1. The number of hydrogen-bond acceptors (Lipinski definition) is 4. The van der Waals surface area contributed by atoms with Crippen LogP contribution in [-0.4, -0.2) is 42.3 Å². The molecular weight excluding hydrogens is 362 g/mol. The topological polar surface area (TPSA) is 85.4 Å². The van der Waals surface area contributed by atoms with E-state index < -0.39 is 10.0 Å². The Balaban J connectivity index is 0.00000225. The predicted molar refractivity (Wildman–Crippen MR) is 98.6 cm³/mol. The molecule has 1 amide bonds. The summed E-state index contributed by atoms with van der Waals surface area (Å²) in [6, 6.07) is 8.21. The molecule has 1 atom stereocenters. The lowest BCUT2D eigenvalue weighted by Gasteiger charge is -2.22. The van der Waals surface area contributed by atoms with Crippen LogP contribution < -0.4 is 5.73 Å². The number of rotatable bonds is 4. The summed E-state index contributed by atoms with van der Waals surface area (Å²) >= 11 is 0. The molecule has 0 radical (unpaired) electrons. The van der Waals surface area contributed by atoms with Gasteiger partial charge in [-0.3, -0.25) is 4.79 Å². The van der Waals surface area contributed by atoms with Crippen molar-refractivity contribution < 1.29 is 13.2 Å². The highest BCUT2D eigenvalue weighted by atomic mass is 35.5. The number of benzene rings is 1. The van der Waals surface area contributed by atoms with Gasteiger partial charge in [0.15, 0.2) is 0 Å². The molecule has 1 fully saturated rings. The van der Waals surface area contributed by atoms with Gasteiger partial charge in [0.1, 0.15) is 0 Å². The first-order chi connectivity index (χ1) is 11.4. The number of carbonyl (C=O) groups is 1. The van der Waals surface area contributed by atoms with Crippen molar-refractivity contribution in [3.63, 3.8) is 0 Å². The van der Waals surface area contributed by atoms with Gasteiger partial charge in [-0.25, -0.2) is 12.4 Å². The Morgan fingerprint density at radius 3 is 2.56 bits per heavy atom. The van der Waals surface area contributed by atoms with Crippen LogP contribution >= 0.6 is 12.4 Å². The van der Waals surface area contributed by atoms with Crippen molar-refractivity contribution in [3.8, 4) is 0 Å². The molecule has 8 heteroatoms. The molecule has 0 bridgehead atoms. The van der Waals surface area contributed by atoms with Crippen molar-refractivity contribution in [2.75, 3.05) is 13.1 Å². The number of aryl methyl sites for hydroxylation is 1. The van der Waals surface area contributed by atoms with Crippen molar-refractivity contribution in [1.82, 2.24) is 8.87 Å². The Morgan fingerprint density at radius 1 is 1.24 bits per heavy atom. The maximum atomic E-state index is 12.6. The zero-order chi connectivity index (χ0) is 17.3. The number of aromatic nitrogens is 1. The normalized spacial score (nSPS) is 17.4. The molecule has 2 heterocycles. The van der Waals surface area contributed by atoms with Gasteiger partial charge < -0.3 is 10.6 Å². The minimum absolute atomic E-state index is 0. The first-order valence-electron chi connectivity index (χ1n) is 7.95. The number of amides is 1. The van der Waals surface area contributed by atoms with Crippen LogP contribution in [0, 0.1) is 6.92 Å². The molecule has 1 aliphatic rings. The van der Waals surface area contributed by atoms with Crippen molar-refractivity contribution in [1.29, 1.82) is 0 Å². The van der Waals surface area contributed by atoms with Gasteiger partial charge in [0, 0.05) is 31.5 Å². The van der Waals surface area contributed by atoms with Gasteiger partial charge in [-0.2, -0.15) is 0 Å². The van der Waals surface area contributed by atoms with E-state index in [4.69, 9.17) is 5.73 Å². The fourth-order valence-electron chi connectivity index (χ4n) is 3.00. The molecule has 1 saturated heterocycles. The third-order valence-corrected chi connectivity index (χ3v) is 6.07. The highest BCUT2D eigenvalue weighted by molar-refractivity contribution is 7.90. The second-order valence-corrected chi connectivity index (χ2v) is 7.92. The monoisotopic (exact) mass is 383 g/mol. The largest absolute Gasteiger partial charge is 0.334 e. The van der Waals surface area contributed by atoms with E-state index in [1.54, 1.807) is 35.2 Å². The quantitative estimate of drug-likeness (QED) is 0.875. The molecule has 2 N–H and O–H groups in total. The van der Waals surface area contributed by atoms with E-state index in [0.717, 1.165) is 22.4 Å². The maximum absolute atomic E-state index is 12.6. The van der Waals surface area contributed by atoms with E-state index in [9.17, 15) is 13.2 Å². The molecule has 6 nitrogen and oxygen atoms in total. The summed E-state index contributed by atoms with van der Waals surface area (Å²) in [6.07, 6.45) is 4.61. The molecule has 136 valence electrons. The molecule has 1 aromatic heterocycles. The Labute approximate surface area is 154 Å². The predicted octanol–water partition coefficient (Wildman–Crippen LogP) is 2.02. The third-order valence-electron chi connectivity index (χ3n) is 4.42. The summed E-state index contributed by atoms with van der Waals surface area (Å²) in [5.74, 6) is -0.166. The van der Waals surface area contributed by atoms with Crippen LogP contribution in [0.25, 0.3) is 0 Å². The standard InChI is InChI=1S/C17H21N3O3S.ClH/c1-13-4-6-16(7-5-13)24(22,23)19-10-8-14(12-19)17(21)20-9-2-3-15(20)11-18;/h4-8,10,12,15H,2-3,9,11,18H2,1H3;1H. The molecule has 0 spiro atoms. The molecule has 25 heavy (non-hydrogen) atoms. The van der Waals surface area contributed by atoms with Crippen molar-refractivity contribution in [2.45, 2.75) is 30.7 Å². The molecule has 2 aromatic rings. The van der Waals surface area contributed by atoms with Gasteiger partial charge in [-0.1, -0.05) is 17.7 Å². The Kier molecular flexibility index (Phi) is 5.92. The second kappa shape index (κ2) is 7.59. The van der Waals surface area contributed by atoms with Gasteiger partial charge >= 0.3 is 0 Å². The molecule has 1 aromatic carbocycles. The zero-order valence-corrected chi connectivity index (χ0v) is 15.6. The maximum Gasteiger partial charge on any atom is 0.267 e. The SMILES string of the molecule is Cc1ccc(S(=O)(=O)n2ccc(C(=O)N3CCCC3CN)c2)cc1.Cl. The Hall–Kier alpha value is -1.83. The van der Waals surface area contributed by atoms with E-state index >= 15 is 0 Å². The van der Waals surface area contributed by atoms with Crippen LogP contribution in [0.15, 0.2) is 47.6 Å². The van der Waals surface area contributed by atoms with Gasteiger partial charge in [0.2, 0.25) is 0 Å². The number of carbonyl (C=O) groups excluding carboxylic acids is 1. The van der Waals surface area contributed by atoms with Gasteiger partial charge in [0.25, 0.3) is 15.9 Å². The van der Waals surface area contributed by atoms with Gasteiger partial charge in [0.05, 0.1) is 10.5 Å². The molecule has 3 rings (SSSR count). The van der Waals surface area contributed by atoms with E-state index in [0.29, 0.717) is 18.7 Å². The minimum Gasteiger partial charge on any atom is -0.334 e. The summed E-state index contributed by atoms with van der Waals surface area (Å²) in [4.78, 5) is 14.5. The summed E-state index contributed by atoms with van der Waals surface area (Å²) in [5, 5.41) is 0. The average molecular weight is 384 g/mol. The van der Waals surface area contributed by atoms with Crippen LogP contribution in [-0.2, 0) is 10.0 Å². The number of likely N-dealkylation sites (tertiary alicyclic amines) is 1. The van der Waals surface area contributed by atoms with E-state index in [1.807, 2.05) is 6.92 Å². The smallest absolute Gasteiger partial charge is 0.267 e. The number of hydrogen-bond donors (Lipinski definition) is 1. The lowest BCUT2D eigenvalue weighted by molar-refractivity contribution is 0.0741. The van der Waals surface area contributed by atoms with E-state index in [-0.39, 0.29) is 29.3 Å². The summed E-state index contributed by atoms with van der Waals surface area (Å²) in [6.45, 7) is 2.98. The van der Waals surface area contributed by atoms with Gasteiger partial charge in [-0.15, -0.1) is 12.4 Å². The molecule has 0 saturated carbocycles. The van der Waals surface area contributed by atoms with E-state index in [1.165, 1.54) is 12.4 Å². The number of nitrogens with two attached hydrogens (primary N) is 1. The van der Waals surface area contributed by atoms with Gasteiger partial charge in [-0.05, 0) is 38.0 Å². The fraction of sp³-hybridized carbons (Fsp3) is 0.353. The van der Waals surface area contributed by atoms with Crippen LogP contribution in [0.1, 0.15) is 28.8 Å². The average Bonchev–Trinajstić information content (AvgIpc) is 3.24. The minimum atomic E-state index is -3.69.